The van der Waals surface area contributed by atoms with Crippen molar-refractivity contribution in [3.05, 3.63) is 35.0 Å². The van der Waals surface area contributed by atoms with Gasteiger partial charge in [-0.1, -0.05) is 19.9 Å². The van der Waals surface area contributed by atoms with E-state index in [2.05, 4.69) is 49.4 Å². The van der Waals surface area contributed by atoms with Gasteiger partial charge in [-0.2, -0.15) is 0 Å². The fraction of sp³-hybridized carbons (Fsp3) is 0.500. The van der Waals surface area contributed by atoms with Crippen molar-refractivity contribution < 1.29 is 0 Å². The third kappa shape index (κ3) is 1.85. The molecule has 2 aromatic rings. The highest BCUT2D eigenvalue weighted by Gasteiger charge is 2.21. The minimum Gasteiger partial charge on any atom is -0.358 e. The lowest BCUT2D eigenvalue weighted by atomic mass is 9.90. The number of aromatic nitrogens is 1. The Balaban J connectivity index is 2.11. The van der Waals surface area contributed by atoms with Gasteiger partial charge in [-0.15, -0.1) is 0 Å². The predicted molar refractivity (Wildman–Crippen MR) is 77.3 cm³/mol. The predicted octanol–water partition coefficient (Wildman–Crippen LogP) is 3.37. The van der Waals surface area contributed by atoms with Crippen LogP contribution in [-0.2, 0) is 12.8 Å². The van der Waals surface area contributed by atoms with Crippen LogP contribution in [0.1, 0.15) is 43.0 Å². The Labute approximate surface area is 109 Å². The Morgan fingerprint density at radius 3 is 2.89 bits per heavy atom. The number of likely N-dealkylation sites (N-methyl/N-ethyl adjacent to an activating group) is 1. The van der Waals surface area contributed by atoms with Crippen molar-refractivity contribution in [3.8, 4) is 0 Å². The molecule has 1 aliphatic carbocycles. The highest BCUT2D eigenvalue weighted by Crippen LogP contribution is 2.31. The smallest absolute Gasteiger partial charge is 0.0459 e. The average molecular weight is 242 g/mol. The molecule has 0 amide bonds. The van der Waals surface area contributed by atoms with Gasteiger partial charge in [-0.05, 0) is 55.5 Å². The Kier molecular flexibility index (Phi) is 2.90. The van der Waals surface area contributed by atoms with Crippen LogP contribution in [0, 0.1) is 0 Å². The summed E-state index contributed by atoms with van der Waals surface area (Å²) in [7, 11) is 2.07. The summed E-state index contributed by atoms with van der Waals surface area (Å²) in [6.45, 7) is 4.52. The van der Waals surface area contributed by atoms with E-state index in [1.165, 1.54) is 40.6 Å². The van der Waals surface area contributed by atoms with E-state index in [1.807, 2.05) is 0 Å². The molecule has 0 saturated heterocycles. The van der Waals surface area contributed by atoms with Gasteiger partial charge in [0.05, 0.1) is 0 Å². The van der Waals surface area contributed by atoms with Gasteiger partial charge in [0.25, 0.3) is 0 Å². The van der Waals surface area contributed by atoms with E-state index in [1.54, 1.807) is 0 Å². The number of hydrogen-bond acceptors (Lipinski definition) is 1. The highest BCUT2D eigenvalue weighted by molar-refractivity contribution is 5.85. The maximum atomic E-state index is 3.60. The Hall–Kier alpha value is -1.28. The molecule has 0 radical (unpaired) electrons. The summed E-state index contributed by atoms with van der Waals surface area (Å²) >= 11 is 0. The maximum Gasteiger partial charge on any atom is 0.0459 e. The van der Waals surface area contributed by atoms with Crippen LogP contribution in [-0.4, -0.2) is 18.1 Å². The van der Waals surface area contributed by atoms with Crippen LogP contribution >= 0.6 is 0 Å². The number of aromatic amines is 1. The van der Waals surface area contributed by atoms with Crippen molar-refractivity contribution in [1.29, 1.82) is 0 Å². The number of benzene rings is 1. The summed E-state index contributed by atoms with van der Waals surface area (Å²) in [4.78, 5) is 3.60. The lowest BCUT2D eigenvalue weighted by Crippen LogP contribution is -2.31. The number of fused-ring (bicyclic) bond motifs is 3. The standard InChI is InChI=1S/C16H22N2/c1-10(2)11-4-6-15-13(8-11)14-9-12(17-3)5-7-16(14)18-15/h4,6,8,10,12,17-18H,5,7,9H2,1-3H3. The molecule has 2 N–H and O–H groups in total. The van der Waals surface area contributed by atoms with Gasteiger partial charge in [-0.3, -0.25) is 0 Å². The molecule has 1 unspecified atom stereocenters. The van der Waals surface area contributed by atoms with Crippen LogP contribution in [0.2, 0.25) is 0 Å². The molecule has 0 saturated carbocycles. The third-order valence-corrected chi connectivity index (χ3v) is 4.29. The minimum absolute atomic E-state index is 0.601. The van der Waals surface area contributed by atoms with E-state index in [4.69, 9.17) is 0 Å². The monoisotopic (exact) mass is 242 g/mol. The van der Waals surface area contributed by atoms with Gasteiger partial charge in [-0.25, -0.2) is 0 Å². The summed E-state index contributed by atoms with van der Waals surface area (Å²) in [5, 5.41) is 4.86. The summed E-state index contributed by atoms with van der Waals surface area (Å²) in [6.07, 6.45) is 3.58. The first kappa shape index (κ1) is 11.8. The highest BCUT2D eigenvalue weighted by atomic mass is 14.9. The summed E-state index contributed by atoms with van der Waals surface area (Å²) in [5.74, 6) is 0.601. The molecule has 0 spiro atoms. The van der Waals surface area contributed by atoms with E-state index < -0.39 is 0 Å². The zero-order valence-electron chi connectivity index (χ0n) is 11.5. The molecule has 1 aromatic heterocycles. The molecule has 18 heavy (non-hydrogen) atoms. The quantitative estimate of drug-likeness (QED) is 0.830. The van der Waals surface area contributed by atoms with E-state index in [0.29, 0.717) is 12.0 Å². The molecule has 1 atom stereocenters. The van der Waals surface area contributed by atoms with Crippen LogP contribution in [0.5, 0.6) is 0 Å². The summed E-state index contributed by atoms with van der Waals surface area (Å²) in [6, 6.07) is 7.52. The van der Waals surface area contributed by atoms with Crippen LogP contribution < -0.4 is 5.32 Å². The third-order valence-electron chi connectivity index (χ3n) is 4.29. The van der Waals surface area contributed by atoms with Crippen LogP contribution in [0.4, 0.5) is 0 Å². The van der Waals surface area contributed by atoms with Gasteiger partial charge in [0.15, 0.2) is 0 Å². The average Bonchev–Trinajstić information content (AvgIpc) is 2.75. The summed E-state index contributed by atoms with van der Waals surface area (Å²) in [5.41, 5.74) is 5.74. The largest absolute Gasteiger partial charge is 0.358 e. The second-order valence-electron chi connectivity index (χ2n) is 5.77. The molecule has 1 heterocycles. The zero-order chi connectivity index (χ0) is 12.7. The number of hydrogen-bond donors (Lipinski definition) is 2. The molecule has 3 rings (SSSR count). The van der Waals surface area contributed by atoms with E-state index in [0.717, 1.165) is 6.42 Å². The Bertz CT molecular complexity index is 566. The lowest BCUT2D eigenvalue weighted by Gasteiger charge is -2.21. The first-order valence-electron chi connectivity index (χ1n) is 6.99. The maximum absolute atomic E-state index is 3.60. The first-order valence-corrected chi connectivity index (χ1v) is 6.99. The van der Waals surface area contributed by atoms with Gasteiger partial charge in [0.2, 0.25) is 0 Å². The number of nitrogens with one attached hydrogen (secondary N) is 2. The summed E-state index contributed by atoms with van der Waals surface area (Å²) < 4.78 is 0. The van der Waals surface area contributed by atoms with Crippen molar-refractivity contribution in [2.24, 2.45) is 0 Å². The molecule has 0 aliphatic heterocycles. The molecule has 1 aromatic carbocycles. The first-order chi connectivity index (χ1) is 8.69. The van der Waals surface area contributed by atoms with Crippen molar-refractivity contribution in [2.75, 3.05) is 7.05 Å². The van der Waals surface area contributed by atoms with Crippen molar-refractivity contribution in [1.82, 2.24) is 10.3 Å². The molecule has 2 heteroatoms. The van der Waals surface area contributed by atoms with E-state index >= 15 is 0 Å². The van der Waals surface area contributed by atoms with Crippen molar-refractivity contribution >= 4 is 10.9 Å². The van der Waals surface area contributed by atoms with Gasteiger partial charge in [0.1, 0.15) is 0 Å². The minimum atomic E-state index is 0.601. The molecule has 2 nitrogen and oxygen atoms in total. The number of H-pyrrole nitrogens is 1. The SMILES string of the molecule is CNC1CCc2[nH]c3ccc(C(C)C)cc3c2C1. The fourth-order valence-electron chi connectivity index (χ4n) is 3.04. The Morgan fingerprint density at radius 1 is 1.33 bits per heavy atom. The van der Waals surface area contributed by atoms with Crippen molar-refractivity contribution in [2.45, 2.75) is 45.1 Å². The molecule has 96 valence electrons. The second-order valence-corrected chi connectivity index (χ2v) is 5.77. The van der Waals surface area contributed by atoms with E-state index in [9.17, 15) is 0 Å². The van der Waals surface area contributed by atoms with Crippen LogP contribution in [0.3, 0.4) is 0 Å². The van der Waals surface area contributed by atoms with Gasteiger partial charge < -0.3 is 10.3 Å². The molecular formula is C16H22N2. The normalized spacial score (nSPS) is 19.4. The van der Waals surface area contributed by atoms with Crippen LogP contribution in [0.25, 0.3) is 10.9 Å². The Morgan fingerprint density at radius 2 is 2.17 bits per heavy atom. The van der Waals surface area contributed by atoms with Crippen molar-refractivity contribution in [3.63, 3.8) is 0 Å². The topological polar surface area (TPSA) is 27.8 Å². The lowest BCUT2D eigenvalue weighted by molar-refractivity contribution is 0.495. The van der Waals surface area contributed by atoms with E-state index in [-0.39, 0.29) is 0 Å². The number of aryl methyl sites for hydroxylation is 1. The van der Waals surface area contributed by atoms with Crippen LogP contribution in [0.15, 0.2) is 18.2 Å². The van der Waals surface area contributed by atoms with Gasteiger partial charge in [0, 0.05) is 22.6 Å². The molecule has 1 aliphatic rings. The molecule has 0 bridgehead atoms. The molecular weight excluding hydrogens is 220 g/mol. The zero-order valence-corrected chi connectivity index (χ0v) is 11.5. The second kappa shape index (κ2) is 4.43. The fourth-order valence-corrected chi connectivity index (χ4v) is 3.04. The number of rotatable bonds is 2. The molecule has 0 fully saturated rings. The van der Waals surface area contributed by atoms with Gasteiger partial charge >= 0.3 is 0 Å².